The van der Waals surface area contributed by atoms with E-state index in [2.05, 4.69) is 48.6 Å². The normalized spacial score (nSPS) is 13.2. The zero-order valence-electron chi connectivity index (χ0n) is 11.5. The van der Waals surface area contributed by atoms with Gasteiger partial charge in [-0.3, -0.25) is 0 Å². The van der Waals surface area contributed by atoms with Crippen molar-refractivity contribution in [1.82, 2.24) is 5.32 Å². The molecule has 0 saturated carbocycles. The third-order valence-electron chi connectivity index (χ3n) is 3.67. The summed E-state index contributed by atoms with van der Waals surface area (Å²) in [5, 5.41) is 3.19. The molecule has 0 spiro atoms. The van der Waals surface area contributed by atoms with Gasteiger partial charge in [-0.15, -0.1) is 0 Å². The quantitative estimate of drug-likeness (QED) is 0.906. The number of hydrogen-bond acceptors (Lipinski definition) is 2. The molecule has 3 rings (SSSR count). The lowest BCUT2D eigenvalue weighted by molar-refractivity contribution is 0.357. The molecule has 1 N–H and O–H groups in total. The van der Waals surface area contributed by atoms with Crippen LogP contribution in [0, 0.1) is 6.92 Å². The summed E-state index contributed by atoms with van der Waals surface area (Å²) < 4.78 is 5.56. The Labute approximate surface area is 114 Å². The summed E-state index contributed by atoms with van der Waals surface area (Å²) in [4.78, 5) is 0. The van der Waals surface area contributed by atoms with Crippen LogP contribution in [0.2, 0.25) is 0 Å². The molecule has 98 valence electrons. The van der Waals surface area contributed by atoms with Gasteiger partial charge >= 0.3 is 0 Å². The van der Waals surface area contributed by atoms with Gasteiger partial charge in [-0.25, -0.2) is 0 Å². The van der Waals surface area contributed by atoms with Crippen molar-refractivity contribution >= 4 is 0 Å². The van der Waals surface area contributed by atoms with Crippen molar-refractivity contribution in [2.24, 2.45) is 0 Å². The van der Waals surface area contributed by atoms with E-state index in [0.29, 0.717) is 0 Å². The number of fused-ring (bicyclic) bond motifs is 1. The highest BCUT2D eigenvalue weighted by Crippen LogP contribution is 2.32. The lowest BCUT2D eigenvalue weighted by Crippen LogP contribution is -2.05. The molecule has 0 aromatic heterocycles. The molecule has 2 nitrogen and oxygen atoms in total. The Bertz CT molecular complexity index is 604. The molecule has 2 aromatic carbocycles. The Hall–Kier alpha value is -1.80. The molecular formula is C17H19NO. The van der Waals surface area contributed by atoms with Gasteiger partial charge in [0.15, 0.2) is 0 Å². The number of benzene rings is 2. The van der Waals surface area contributed by atoms with Crippen molar-refractivity contribution in [2.75, 3.05) is 13.7 Å². The van der Waals surface area contributed by atoms with E-state index in [1.54, 1.807) is 0 Å². The average molecular weight is 253 g/mol. The van der Waals surface area contributed by atoms with Crippen molar-refractivity contribution < 1.29 is 4.74 Å². The molecular weight excluding hydrogens is 234 g/mol. The second kappa shape index (κ2) is 5.06. The summed E-state index contributed by atoms with van der Waals surface area (Å²) >= 11 is 0. The van der Waals surface area contributed by atoms with Crippen LogP contribution in [0.15, 0.2) is 36.4 Å². The molecule has 0 radical (unpaired) electrons. The van der Waals surface area contributed by atoms with Crippen LogP contribution in [0.4, 0.5) is 0 Å². The molecule has 0 atom stereocenters. The Balaban J connectivity index is 1.97. The molecule has 1 heterocycles. The van der Waals surface area contributed by atoms with Crippen LogP contribution in [0.25, 0.3) is 11.1 Å². The SMILES string of the molecule is CNCc1ccc(-c2ccc3c(c2)CCO3)c(C)c1. The van der Waals surface area contributed by atoms with Gasteiger partial charge in [0, 0.05) is 13.0 Å². The van der Waals surface area contributed by atoms with Gasteiger partial charge in [0.2, 0.25) is 0 Å². The predicted octanol–water partition coefficient (Wildman–Crippen LogP) is 3.32. The van der Waals surface area contributed by atoms with Crippen LogP contribution in [-0.4, -0.2) is 13.7 Å². The highest BCUT2D eigenvalue weighted by Gasteiger charge is 2.13. The Morgan fingerprint density at radius 1 is 1.16 bits per heavy atom. The molecule has 0 bridgehead atoms. The minimum absolute atomic E-state index is 0.818. The molecule has 0 fully saturated rings. The van der Waals surface area contributed by atoms with Crippen molar-refractivity contribution in [1.29, 1.82) is 0 Å². The predicted molar refractivity (Wildman–Crippen MR) is 78.6 cm³/mol. The molecule has 2 aromatic rings. The second-order valence-corrected chi connectivity index (χ2v) is 5.10. The maximum atomic E-state index is 5.56. The van der Waals surface area contributed by atoms with E-state index in [0.717, 1.165) is 25.3 Å². The maximum Gasteiger partial charge on any atom is 0.122 e. The van der Waals surface area contributed by atoms with Crippen molar-refractivity contribution in [3.05, 3.63) is 53.1 Å². The fourth-order valence-corrected chi connectivity index (χ4v) is 2.72. The van der Waals surface area contributed by atoms with Crippen LogP contribution in [0.1, 0.15) is 16.7 Å². The number of rotatable bonds is 3. The van der Waals surface area contributed by atoms with Crippen LogP contribution < -0.4 is 10.1 Å². The first-order chi connectivity index (χ1) is 9.28. The monoisotopic (exact) mass is 253 g/mol. The van der Waals surface area contributed by atoms with E-state index < -0.39 is 0 Å². The average Bonchev–Trinajstić information content (AvgIpc) is 2.86. The number of hydrogen-bond donors (Lipinski definition) is 1. The molecule has 0 aliphatic carbocycles. The van der Waals surface area contributed by atoms with E-state index >= 15 is 0 Å². The van der Waals surface area contributed by atoms with Crippen LogP contribution in [0.3, 0.4) is 0 Å². The number of aryl methyl sites for hydroxylation is 1. The lowest BCUT2D eigenvalue weighted by atomic mass is 9.96. The van der Waals surface area contributed by atoms with E-state index in [1.165, 1.54) is 27.8 Å². The highest BCUT2D eigenvalue weighted by atomic mass is 16.5. The van der Waals surface area contributed by atoms with Gasteiger partial charge in [-0.2, -0.15) is 0 Å². The molecule has 0 unspecified atom stereocenters. The second-order valence-electron chi connectivity index (χ2n) is 5.10. The third-order valence-corrected chi connectivity index (χ3v) is 3.67. The zero-order chi connectivity index (χ0) is 13.2. The van der Waals surface area contributed by atoms with Gasteiger partial charge in [0.05, 0.1) is 6.61 Å². The van der Waals surface area contributed by atoms with Crippen LogP contribution in [-0.2, 0) is 13.0 Å². The van der Waals surface area contributed by atoms with Crippen molar-refractivity contribution in [2.45, 2.75) is 19.9 Å². The fourth-order valence-electron chi connectivity index (χ4n) is 2.72. The smallest absolute Gasteiger partial charge is 0.122 e. The number of nitrogens with one attached hydrogen (secondary N) is 1. The number of ether oxygens (including phenoxy) is 1. The molecule has 0 amide bonds. The summed E-state index contributed by atoms with van der Waals surface area (Å²) in [6.45, 7) is 3.91. The highest BCUT2D eigenvalue weighted by molar-refractivity contribution is 5.69. The molecule has 0 saturated heterocycles. The zero-order valence-corrected chi connectivity index (χ0v) is 11.5. The van der Waals surface area contributed by atoms with E-state index in [-0.39, 0.29) is 0 Å². The maximum absolute atomic E-state index is 5.56. The van der Waals surface area contributed by atoms with Gasteiger partial charge in [-0.05, 0) is 53.9 Å². The van der Waals surface area contributed by atoms with E-state index in [4.69, 9.17) is 4.74 Å². The largest absolute Gasteiger partial charge is 0.493 e. The first kappa shape index (κ1) is 12.2. The third kappa shape index (κ3) is 2.36. The van der Waals surface area contributed by atoms with E-state index in [1.807, 2.05) is 7.05 Å². The molecule has 1 aliphatic heterocycles. The van der Waals surface area contributed by atoms with Crippen LogP contribution in [0.5, 0.6) is 5.75 Å². The standard InChI is InChI=1S/C17H19NO/c1-12-9-13(11-18-2)3-5-16(12)14-4-6-17-15(10-14)7-8-19-17/h3-6,9-10,18H,7-8,11H2,1-2H3. The van der Waals surface area contributed by atoms with Gasteiger partial charge in [0.25, 0.3) is 0 Å². The van der Waals surface area contributed by atoms with Gasteiger partial charge in [0.1, 0.15) is 5.75 Å². The minimum Gasteiger partial charge on any atom is -0.493 e. The summed E-state index contributed by atoms with van der Waals surface area (Å²) in [5.41, 5.74) is 6.59. The van der Waals surface area contributed by atoms with Gasteiger partial charge in [-0.1, -0.05) is 24.3 Å². The molecule has 2 heteroatoms. The molecule has 19 heavy (non-hydrogen) atoms. The lowest BCUT2D eigenvalue weighted by Gasteiger charge is -2.10. The Morgan fingerprint density at radius 2 is 2.05 bits per heavy atom. The summed E-state index contributed by atoms with van der Waals surface area (Å²) in [5.74, 6) is 1.05. The summed E-state index contributed by atoms with van der Waals surface area (Å²) in [6.07, 6.45) is 1.03. The Morgan fingerprint density at radius 3 is 2.84 bits per heavy atom. The molecule has 1 aliphatic rings. The van der Waals surface area contributed by atoms with E-state index in [9.17, 15) is 0 Å². The van der Waals surface area contributed by atoms with Gasteiger partial charge < -0.3 is 10.1 Å². The fraction of sp³-hybridized carbons (Fsp3) is 0.294. The van der Waals surface area contributed by atoms with Crippen LogP contribution >= 0.6 is 0 Å². The summed E-state index contributed by atoms with van der Waals surface area (Å²) in [6, 6.07) is 13.2. The topological polar surface area (TPSA) is 21.3 Å². The van der Waals surface area contributed by atoms with Crippen molar-refractivity contribution in [3.8, 4) is 16.9 Å². The van der Waals surface area contributed by atoms with Crippen molar-refractivity contribution in [3.63, 3.8) is 0 Å². The summed E-state index contributed by atoms with van der Waals surface area (Å²) in [7, 11) is 1.98. The first-order valence-corrected chi connectivity index (χ1v) is 6.78. The first-order valence-electron chi connectivity index (χ1n) is 6.78. The Kier molecular flexibility index (Phi) is 3.26. The minimum atomic E-state index is 0.818.